The minimum atomic E-state index is -4.50. The van der Waals surface area contributed by atoms with Crippen LogP contribution in [0.4, 0.5) is 17.6 Å². The van der Waals surface area contributed by atoms with Gasteiger partial charge in [-0.15, -0.1) is 0 Å². The molecule has 0 saturated carbocycles. The zero-order valence-corrected chi connectivity index (χ0v) is 9.92. The Balaban J connectivity index is 2.93. The van der Waals surface area contributed by atoms with Gasteiger partial charge in [-0.05, 0) is 17.7 Å². The Morgan fingerprint density at radius 2 is 2.11 bits per heavy atom. The van der Waals surface area contributed by atoms with Crippen LogP contribution in [-0.2, 0) is 4.79 Å². The van der Waals surface area contributed by atoms with Gasteiger partial charge in [-0.2, -0.15) is 13.2 Å². The van der Waals surface area contributed by atoms with Crippen molar-refractivity contribution in [3.63, 3.8) is 0 Å². The SMILES string of the molecule is COc1ccc(C(NCC(F)(F)F)C(N)=O)cc1F. The number of amides is 1. The summed E-state index contributed by atoms with van der Waals surface area (Å²) in [5.41, 5.74) is 4.99. The summed E-state index contributed by atoms with van der Waals surface area (Å²) in [5, 5.41) is 1.93. The highest BCUT2D eigenvalue weighted by atomic mass is 19.4. The third-order valence-electron chi connectivity index (χ3n) is 2.30. The minimum Gasteiger partial charge on any atom is -0.494 e. The number of benzene rings is 1. The van der Waals surface area contributed by atoms with Crippen molar-refractivity contribution >= 4 is 5.91 Å². The molecule has 1 rings (SSSR count). The second-order valence-corrected chi connectivity index (χ2v) is 3.73. The molecule has 1 aromatic carbocycles. The van der Waals surface area contributed by atoms with Crippen LogP contribution in [0.5, 0.6) is 5.75 Å². The maximum absolute atomic E-state index is 13.4. The minimum absolute atomic E-state index is 0.00458. The summed E-state index contributed by atoms with van der Waals surface area (Å²) in [6.07, 6.45) is -4.50. The largest absolute Gasteiger partial charge is 0.494 e. The molecule has 1 atom stereocenters. The van der Waals surface area contributed by atoms with E-state index in [9.17, 15) is 22.4 Å². The maximum Gasteiger partial charge on any atom is 0.401 e. The van der Waals surface area contributed by atoms with Gasteiger partial charge in [0.2, 0.25) is 5.91 Å². The molecule has 19 heavy (non-hydrogen) atoms. The summed E-state index contributed by atoms with van der Waals surface area (Å²) < 4.78 is 54.3. The molecule has 0 aliphatic heterocycles. The zero-order valence-electron chi connectivity index (χ0n) is 9.92. The second-order valence-electron chi connectivity index (χ2n) is 3.73. The summed E-state index contributed by atoms with van der Waals surface area (Å²) in [6.45, 7) is -1.41. The van der Waals surface area contributed by atoms with Crippen LogP contribution < -0.4 is 15.8 Å². The van der Waals surface area contributed by atoms with Gasteiger partial charge in [0.1, 0.15) is 6.04 Å². The molecule has 1 unspecified atom stereocenters. The molecule has 106 valence electrons. The Hall–Kier alpha value is -1.83. The monoisotopic (exact) mass is 280 g/mol. The number of ether oxygens (including phenoxy) is 1. The number of nitrogens with two attached hydrogens (primary N) is 1. The van der Waals surface area contributed by atoms with Crippen LogP contribution in [0.15, 0.2) is 18.2 Å². The predicted octanol–water partition coefficient (Wildman–Crippen LogP) is 1.51. The summed E-state index contributed by atoms with van der Waals surface area (Å²) in [7, 11) is 1.24. The van der Waals surface area contributed by atoms with Crippen LogP contribution in [0, 0.1) is 5.82 Å². The van der Waals surface area contributed by atoms with Gasteiger partial charge in [0, 0.05) is 0 Å². The first-order valence-electron chi connectivity index (χ1n) is 5.17. The van der Waals surface area contributed by atoms with Crippen molar-refractivity contribution in [1.29, 1.82) is 0 Å². The van der Waals surface area contributed by atoms with E-state index in [1.165, 1.54) is 19.2 Å². The van der Waals surface area contributed by atoms with Crippen molar-refractivity contribution in [2.24, 2.45) is 5.73 Å². The van der Waals surface area contributed by atoms with E-state index < -0.39 is 30.5 Å². The Morgan fingerprint density at radius 1 is 1.47 bits per heavy atom. The fourth-order valence-corrected chi connectivity index (χ4v) is 1.46. The Bertz CT molecular complexity index is 462. The summed E-state index contributed by atoms with van der Waals surface area (Å²) in [5.74, 6) is -1.91. The van der Waals surface area contributed by atoms with E-state index in [2.05, 4.69) is 4.74 Å². The number of alkyl halides is 3. The van der Waals surface area contributed by atoms with Gasteiger partial charge in [0.25, 0.3) is 0 Å². The van der Waals surface area contributed by atoms with Gasteiger partial charge < -0.3 is 10.5 Å². The number of carbonyl (C=O) groups excluding carboxylic acids is 1. The number of primary amides is 1. The maximum atomic E-state index is 13.4. The first kappa shape index (κ1) is 15.2. The standard InChI is InChI=1S/C11H12F4N2O2/c1-19-8-3-2-6(4-7(8)12)9(10(16)18)17-5-11(13,14)15/h2-4,9,17H,5H2,1H3,(H2,16,18). The third kappa shape index (κ3) is 4.40. The Kier molecular flexibility index (Phi) is 4.71. The molecule has 0 aromatic heterocycles. The molecule has 0 spiro atoms. The lowest BCUT2D eigenvalue weighted by atomic mass is 10.1. The fraction of sp³-hybridized carbons (Fsp3) is 0.364. The van der Waals surface area contributed by atoms with E-state index in [1.807, 2.05) is 5.32 Å². The van der Waals surface area contributed by atoms with Gasteiger partial charge in [0.05, 0.1) is 13.7 Å². The van der Waals surface area contributed by atoms with Gasteiger partial charge >= 0.3 is 6.18 Å². The van der Waals surface area contributed by atoms with Gasteiger partial charge in [0.15, 0.2) is 11.6 Å². The van der Waals surface area contributed by atoms with Crippen molar-refractivity contribution in [3.05, 3.63) is 29.6 Å². The van der Waals surface area contributed by atoms with E-state index in [-0.39, 0.29) is 11.3 Å². The van der Waals surface area contributed by atoms with Crippen LogP contribution in [0.2, 0.25) is 0 Å². The summed E-state index contributed by atoms with van der Waals surface area (Å²) >= 11 is 0. The van der Waals surface area contributed by atoms with Crippen molar-refractivity contribution < 1.29 is 27.1 Å². The number of hydrogen-bond acceptors (Lipinski definition) is 3. The molecule has 0 fully saturated rings. The highest BCUT2D eigenvalue weighted by Crippen LogP contribution is 2.23. The lowest BCUT2D eigenvalue weighted by molar-refractivity contribution is -0.130. The molecular weight excluding hydrogens is 268 g/mol. The first-order valence-corrected chi connectivity index (χ1v) is 5.17. The molecule has 0 heterocycles. The Morgan fingerprint density at radius 3 is 2.53 bits per heavy atom. The molecule has 8 heteroatoms. The number of methoxy groups -OCH3 is 1. The molecular formula is C11H12F4N2O2. The predicted molar refractivity (Wildman–Crippen MR) is 58.9 cm³/mol. The van der Waals surface area contributed by atoms with Crippen LogP contribution in [-0.4, -0.2) is 25.7 Å². The average Bonchev–Trinajstić information content (AvgIpc) is 2.27. The quantitative estimate of drug-likeness (QED) is 0.804. The van der Waals surface area contributed by atoms with E-state index in [0.717, 1.165) is 6.07 Å². The molecule has 1 aromatic rings. The zero-order chi connectivity index (χ0) is 14.6. The van der Waals surface area contributed by atoms with Crippen molar-refractivity contribution in [3.8, 4) is 5.75 Å². The molecule has 3 N–H and O–H groups in total. The highest BCUT2D eigenvalue weighted by molar-refractivity contribution is 5.81. The number of halogens is 4. The molecule has 0 aliphatic carbocycles. The van der Waals surface area contributed by atoms with Crippen molar-refractivity contribution in [2.75, 3.05) is 13.7 Å². The van der Waals surface area contributed by atoms with E-state index in [4.69, 9.17) is 5.73 Å². The first-order chi connectivity index (χ1) is 8.74. The van der Waals surface area contributed by atoms with Crippen molar-refractivity contribution in [2.45, 2.75) is 12.2 Å². The molecule has 1 amide bonds. The third-order valence-corrected chi connectivity index (χ3v) is 2.30. The van der Waals surface area contributed by atoms with E-state index >= 15 is 0 Å². The molecule has 4 nitrogen and oxygen atoms in total. The highest BCUT2D eigenvalue weighted by Gasteiger charge is 2.30. The van der Waals surface area contributed by atoms with Crippen molar-refractivity contribution in [1.82, 2.24) is 5.32 Å². The topological polar surface area (TPSA) is 64.3 Å². The van der Waals surface area contributed by atoms with Gasteiger partial charge in [-0.3, -0.25) is 10.1 Å². The van der Waals surface area contributed by atoms with Crippen LogP contribution in [0.25, 0.3) is 0 Å². The number of rotatable bonds is 5. The molecule has 0 saturated heterocycles. The molecule has 0 aliphatic rings. The summed E-state index contributed by atoms with van der Waals surface area (Å²) in [4.78, 5) is 11.1. The summed E-state index contributed by atoms with van der Waals surface area (Å²) in [6, 6.07) is 1.94. The number of hydrogen-bond donors (Lipinski definition) is 2. The van der Waals surface area contributed by atoms with Crippen LogP contribution in [0.1, 0.15) is 11.6 Å². The second kappa shape index (κ2) is 5.87. The lowest BCUT2D eigenvalue weighted by Gasteiger charge is -2.17. The normalized spacial score (nSPS) is 13.1. The number of nitrogens with one attached hydrogen (secondary N) is 1. The molecule has 0 radical (unpaired) electrons. The van der Waals surface area contributed by atoms with Crippen LogP contribution in [0.3, 0.4) is 0 Å². The van der Waals surface area contributed by atoms with Gasteiger partial charge in [-0.1, -0.05) is 6.07 Å². The molecule has 0 bridgehead atoms. The Labute approximate surface area is 106 Å². The van der Waals surface area contributed by atoms with Crippen LogP contribution >= 0.6 is 0 Å². The average molecular weight is 280 g/mol. The smallest absolute Gasteiger partial charge is 0.401 e. The van der Waals surface area contributed by atoms with E-state index in [0.29, 0.717) is 0 Å². The number of carbonyl (C=O) groups is 1. The fourth-order valence-electron chi connectivity index (χ4n) is 1.46. The van der Waals surface area contributed by atoms with Gasteiger partial charge in [-0.25, -0.2) is 4.39 Å². The lowest BCUT2D eigenvalue weighted by Crippen LogP contribution is -2.39. The van der Waals surface area contributed by atoms with E-state index in [1.54, 1.807) is 0 Å².